The molecule has 0 saturated carbocycles. The number of hydrogen-bond donors (Lipinski definition) is 1. The van der Waals surface area contributed by atoms with Gasteiger partial charge in [0.1, 0.15) is 0 Å². The Morgan fingerprint density at radius 2 is 1.60 bits per heavy atom. The molecule has 0 amide bonds. The number of nitrogens with one attached hydrogen (secondary N) is 1. The number of rotatable bonds is 5. The van der Waals surface area contributed by atoms with Gasteiger partial charge in [-0.1, -0.05) is 55.0 Å². The first-order valence-corrected chi connectivity index (χ1v) is 7.96. The highest BCUT2D eigenvalue weighted by atomic mass is 32.2. The van der Waals surface area contributed by atoms with Gasteiger partial charge in [0, 0.05) is 16.2 Å². The highest BCUT2D eigenvalue weighted by molar-refractivity contribution is 8.00. The molecule has 0 aliphatic carbocycles. The van der Waals surface area contributed by atoms with Crippen LogP contribution >= 0.6 is 11.8 Å². The van der Waals surface area contributed by atoms with Crippen LogP contribution in [0, 0.1) is 13.8 Å². The molecule has 0 aliphatic heterocycles. The van der Waals surface area contributed by atoms with Gasteiger partial charge >= 0.3 is 0 Å². The SMILES string of the molecule is CNC(c1ccc(C)cc1)C(C)Sc1ccccc1C. The molecule has 1 nitrogen and oxygen atoms in total. The van der Waals surface area contributed by atoms with Crippen LogP contribution in [0.3, 0.4) is 0 Å². The van der Waals surface area contributed by atoms with Crippen LogP contribution in [-0.2, 0) is 0 Å². The molecule has 0 aliphatic rings. The quantitative estimate of drug-likeness (QED) is 0.796. The van der Waals surface area contributed by atoms with Crippen LogP contribution in [0.2, 0.25) is 0 Å². The molecule has 2 heteroatoms. The second-order valence-corrected chi connectivity index (χ2v) is 6.68. The molecule has 20 heavy (non-hydrogen) atoms. The van der Waals surface area contributed by atoms with E-state index in [9.17, 15) is 0 Å². The predicted molar refractivity (Wildman–Crippen MR) is 89.5 cm³/mol. The normalized spacial score (nSPS) is 14.0. The molecule has 2 unspecified atom stereocenters. The maximum atomic E-state index is 3.46. The summed E-state index contributed by atoms with van der Waals surface area (Å²) in [6, 6.07) is 17.8. The molecule has 0 bridgehead atoms. The number of benzene rings is 2. The van der Waals surface area contributed by atoms with Crippen molar-refractivity contribution in [1.29, 1.82) is 0 Å². The van der Waals surface area contributed by atoms with E-state index in [0.29, 0.717) is 11.3 Å². The Hall–Kier alpha value is -1.25. The molecule has 0 aromatic heterocycles. The topological polar surface area (TPSA) is 12.0 Å². The van der Waals surface area contributed by atoms with Crippen molar-refractivity contribution in [2.24, 2.45) is 0 Å². The summed E-state index contributed by atoms with van der Waals surface area (Å²) >= 11 is 1.94. The van der Waals surface area contributed by atoms with Gasteiger partial charge in [-0.05, 0) is 38.1 Å². The molecule has 0 fully saturated rings. The van der Waals surface area contributed by atoms with Crippen molar-refractivity contribution in [2.45, 2.75) is 37.0 Å². The van der Waals surface area contributed by atoms with Crippen LogP contribution in [0.4, 0.5) is 0 Å². The van der Waals surface area contributed by atoms with Crippen molar-refractivity contribution in [3.05, 3.63) is 65.2 Å². The van der Waals surface area contributed by atoms with Crippen molar-refractivity contribution >= 4 is 11.8 Å². The van der Waals surface area contributed by atoms with E-state index in [2.05, 4.69) is 74.6 Å². The minimum absolute atomic E-state index is 0.361. The van der Waals surface area contributed by atoms with E-state index >= 15 is 0 Å². The van der Waals surface area contributed by atoms with Gasteiger partial charge in [-0.3, -0.25) is 0 Å². The zero-order valence-corrected chi connectivity index (χ0v) is 13.5. The summed E-state index contributed by atoms with van der Waals surface area (Å²) in [4.78, 5) is 1.37. The summed E-state index contributed by atoms with van der Waals surface area (Å²) in [5, 5.41) is 3.93. The van der Waals surface area contributed by atoms with Crippen LogP contribution in [0.25, 0.3) is 0 Å². The Kier molecular flexibility index (Phi) is 5.27. The summed E-state index contributed by atoms with van der Waals surface area (Å²) < 4.78 is 0. The summed E-state index contributed by atoms with van der Waals surface area (Å²) in [7, 11) is 2.04. The third kappa shape index (κ3) is 3.65. The average Bonchev–Trinajstić information content (AvgIpc) is 2.44. The van der Waals surface area contributed by atoms with E-state index in [1.165, 1.54) is 21.6 Å². The Bertz CT molecular complexity index is 548. The van der Waals surface area contributed by atoms with Gasteiger partial charge in [0.15, 0.2) is 0 Å². The Morgan fingerprint density at radius 3 is 2.20 bits per heavy atom. The number of thioether (sulfide) groups is 1. The highest BCUT2D eigenvalue weighted by Crippen LogP contribution is 2.33. The lowest BCUT2D eigenvalue weighted by atomic mass is 10.0. The molecular weight excluding hydrogens is 262 g/mol. The van der Waals surface area contributed by atoms with Gasteiger partial charge in [-0.15, -0.1) is 11.8 Å². The van der Waals surface area contributed by atoms with Crippen LogP contribution in [0.5, 0.6) is 0 Å². The van der Waals surface area contributed by atoms with Crippen LogP contribution in [-0.4, -0.2) is 12.3 Å². The summed E-state index contributed by atoms with van der Waals surface area (Å²) in [5.74, 6) is 0. The molecule has 2 aromatic rings. The van der Waals surface area contributed by atoms with Crippen molar-refractivity contribution in [2.75, 3.05) is 7.05 Å². The molecular formula is C18H23NS. The molecule has 1 N–H and O–H groups in total. The Labute approximate surface area is 126 Å². The van der Waals surface area contributed by atoms with Crippen molar-refractivity contribution in [3.8, 4) is 0 Å². The van der Waals surface area contributed by atoms with Gasteiger partial charge in [-0.2, -0.15) is 0 Å². The molecule has 2 rings (SSSR count). The van der Waals surface area contributed by atoms with Crippen molar-refractivity contribution < 1.29 is 0 Å². The van der Waals surface area contributed by atoms with Gasteiger partial charge in [0.2, 0.25) is 0 Å². The first-order valence-electron chi connectivity index (χ1n) is 7.08. The second kappa shape index (κ2) is 6.96. The third-order valence-electron chi connectivity index (χ3n) is 3.62. The van der Waals surface area contributed by atoms with E-state index in [-0.39, 0.29) is 0 Å². The van der Waals surface area contributed by atoms with Crippen LogP contribution in [0.15, 0.2) is 53.4 Å². The fourth-order valence-electron chi connectivity index (χ4n) is 2.40. The van der Waals surface area contributed by atoms with Crippen molar-refractivity contribution in [1.82, 2.24) is 5.32 Å². The lowest BCUT2D eigenvalue weighted by Crippen LogP contribution is -2.25. The minimum atomic E-state index is 0.361. The lowest BCUT2D eigenvalue weighted by Gasteiger charge is -2.24. The molecule has 0 spiro atoms. The number of aryl methyl sites for hydroxylation is 2. The zero-order valence-electron chi connectivity index (χ0n) is 12.7. The fourth-order valence-corrected chi connectivity index (χ4v) is 3.64. The maximum absolute atomic E-state index is 3.46. The first-order chi connectivity index (χ1) is 9.61. The molecule has 106 valence electrons. The maximum Gasteiger partial charge on any atom is 0.0438 e. The smallest absolute Gasteiger partial charge is 0.0438 e. The van der Waals surface area contributed by atoms with E-state index in [1.54, 1.807) is 0 Å². The Balaban J connectivity index is 2.15. The fraction of sp³-hybridized carbons (Fsp3) is 0.333. The van der Waals surface area contributed by atoms with Gasteiger partial charge < -0.3 is 5.32 Å². The third-order valence-corrected chi connectivity index (χ3v) is 4.98. The van der Waals surface area contributed by atoms with E-state index in [4.69, 9.17) is 0 Å². The van der Waals surface area contributed by atoms with Crippen molar-refractivity contribution in [3.63, 3.8) is 0 Å². The molecule has 2 atom stereocenters. The standard InChI is InChI=1S/C18H23NS/c1-13-9-11-16(12-10-13)18(19-4)15(3)20-17-8-6-5-7-14(17)2/h5-12,15,18-19H,1-4H3. The lowest BCUT2D eigenvalue weighted by molar-refractivity contribution is 0.589. The van der Waals surface area contributed by atoms with Gasteiger partial charge in [-0.25, -0.2) is 0 Å². The van der Waals surface area contributed by atoms with Crippen LogP contribution in [0.1, 0.15) is 29.7 Å². The molecule has 0 radical (unpaired) electrons. The minimum Gasteiger partial charge on any atom is -0.312 e. The second-order valence-electron chi connectivity index (χ2n) is 5.27. The molecule has 0 heterocycles. The summed E-state index contributed by atoms with van der Waals surface area (Å²) in [6.45, 7) is 6.59. The highest BCUT2D eigenvalue weighted by Gasteiger charge is 2.19. The summed E-state index contributed by atoms with van der Waals surface area (Å²) in [5.41, 5.74) is 4.01. The Morgan fingerprint density at radius 1 is 0.950 bits per heavy atom. The van der Waals surface area contributed by atoms with E-state index in [0.717, 1.165) is 0 Å². The molecule has 0 saturated heterocycles. The predicted octanol–water partition coefficient (Wildman–Crippen LogP) is 4.74. The van der Waals surface area contributed by atoms with Gasteiger partial charge in [0.25, 0.3) is 0 Å². The largest absolute Gasteiger partial charge is 0.312 e. The first kappa shape index (κ1) is 15.1. The monoisotopic (exact) mass is 285 g/mol. The number of hydrogen-bond acceptors (Lipinski definition) is 2. The average molecular weight is 285 g/mol. The molecule has 2 aromatic carbocycles. The van der Waals surface area contributed by atoms with E-state index < -0.39 is 0 Å². The summed E-state index contributed by atoms with van der Waals surface area (Å²) in [6.07, 6.45) is 0. The van der Waals surface area contributed by atoms with Gasteiger partial charge in [0.05, 0.1) is 0 Å². The van der Waals surface area contributed by atoms with E-state index in [1.807, 2.05) is 18.8 Å². The zero-order chi connectivity index (χ0) is 14.5. The van der Waals surface area contributed by atoms with Crippen LogP contribution < -0.4 is 5.32 Å².